The molecule has 0 saturated carbocycles. The molecule has 0 fully saturated rings. The third-order valence-electron chi connectivity index (χ3n) is 3.09. The number of ether oxygens (including phenoxy) is 1. The number of fused-ring (bicyclic) bond motifs is 1. The lowest BCUT2D eigenvalue weighted by Gasteiger charge is -2.26. The maximum Gasteiger partial charge on any atom is 0.416 e. The van der Waals surface area contributed by atoms with Crippen LogP contribution < -0.4 is 4.90 Å². The van der Waals surface area contributed by atoms with Gasteiger partial charge in [0.25, 0.3) is 0 Å². The van der Waals surface area contributed by atoms with E-state index in [4.69, 9.17) is 16.3 Å². The van der Waals surface area contributed by atoms with Crippen molar-refractivity contribution in [1.29, 1.82) is 0 Å². The number of anilines is 1. The molecule has 0 aliphatic heterocycles. The Morgan fingerprint density at radius 2 is 2.12 bits per heavy atom. The van der Waals surface area contributed by atoms with E-state index in [0.29, 0.717) is 17.9 Å². The lowest BCUT2D eigenvalue weighted by Crippen LogP contribution is -2.37. The Bertz CT molecular complexity index is 906. The number of hydrogen-bond acceptors (Lipinski definition) is 6. The van der Waals surface area contributed by atoms with Gasteiger partial charge in [-0.15, -0.1) is 22.7 Å². The zero-order valence-corrected chi connectivity index (χ0v) is 17.7. The third-order valence-corrected chi connectivity index (χ3v) is 5.99. The molecule has 9 heteroatoms. The minimum atomic E-state index is -0.614. The van der Waals surface area contributed by atoms with Crippen molar-refractivity contribution in [3.63, 3.8) is 0 Å². The van der Waals surface area contributed by atoms with Gasteiger partial charge in [-0.2, -0.15) is 4.98 Å². The second-order valence-corrected chi connectivity index (χ2v) is 9.33. The van der Waals surface area contributed by atoms with Crippen molar-refractivity contribution < 1.29 is 9.53 Å². The predicted molar refractivity (Wildman–Crippen MR) is 107 cm³/mol. The van der Waals surface area contributed by atoms with Crippen LogP contribution in [-0.4, -0.2) is 21.7 Å². The van der Waals surface area contributed by atoms with Gasteiger partial charge in [0, 0.05) is 10.3 Å². The number of hydrogen-bond donors (Lipinski definition) is 0. The first kappa shape index (κ1) is 18.6. The van der Waals surface area contributed by atoms with Crippen LogP contribution in [0.4, 0.5) is 10.6 Å². The fourth-order valence-electron chi connectivity index (χ4n) is 2.13. The van der Waals surface area contributed by atoms with Gasteiger partial charge in [-0.25, -0.2) is 9.78 Å². The van der Waals surface area contributed by atoms with Crippen LogP contribution in [0.5, 0.6) is 0 Å². The molecule has 3 heterocycles. The van der Waals surface area contributed by atoms with Crippen molar-refractivity contribution in [2.75, 3.05) is 4.90 Å². The normalized spacial score (nSPS) is 11.7. The molecule has 0 atom stereocenters. The summed E-state index contributed by atoms with van der Waals surface area (Å²) in [6.07, 6.45) is -0.471. The van der Waals surface area contributed by atoms with Crippen molar-refractivity contribution in [1.82, 2.24) is 9.97 Å². The molecule has 1 amide bonds. The predicted octanol–water partition coefficient (Wildman–Crippen LogP) is 6.11. The number of thiophene rings is 2. The van der Waals surface area contributed by atoms with E-state index in [1.165, 1.54) is 16.2 Å². The van der Waals surface area contributed by atoms with Gasteiger partial charge in [0.05, 0.1) is 15.7 Å². The number of halogens is 2. The summed E-state index contributed by atoms with van der Waals surface area (Å²) in [6.45, 7) is 5.85. The number of nitrogens with zero attached hydrogens (tertiary/aromatic N) is 3. The minimum Gasteiger partial charge on any atom is -0.443 e. The van der Waals surface area contributed by atoms with Crippen LogP contribution in [0.25, 0.3) is 10.2 Å². The molecular weight excluding hydrogens is 446 g/mol. The van der Waals surface area contributed by atoms with Crippen molar-refractivity contribution in [2.45, 2.75) is 32.9 Å². The number of aromatic nitrogens is 2. The van der Waals surface area contributed by atoms with Gasteiger partial charge in [0.1, 0.15) is 11.1 Å². The van der Waals surface area contributed by atoms with Gasteiger partial charge in [0.15, 0.2) is 5.82 Å². The van der Waals surface area contributed by atoms with Gasteiger partial charge in [-0.1, -0.05) is 6.07 Å². The second kappa shape index (κ2) is 7.19. The summed E-state index contributed by atoms with van der Waals surface area (Å²) in [7, 11) is 0. The summed E-state index contributed by atoms with van der Waals surface area (Å²) < 4.78 is 7.17. The molecule has 0 aliphatic carbocycles. The standard InChI is InChI=1S/C16H15BrClN3O2S2/c1-16(2,3)23-15(22)21(7-9-5-4-6-24-9)13-12-11(10(17)8-25-12)19-14(18)20-13/h4-6,8H,7H2,1-3H3. The van der Waals surface area contributed by atoms with E-state index in [2.05, 4.69) is 25.9 Å². The average Bonchev–Trinajstić information content (AvgIpc) is 3.13. The molecule has 3 rings (SSSR count). The number of rotatable bonds is 3. The highest BCUT2D eigenvalue weighted by Crippen LogP contribution is 2.37. The first-order chi connectivity index (χ1) is 11.7. The maximum absolute atomic E-state index is 12.8. The van der Waals surface area contributed by atoms with E-state index in [1.54, 1.807) is 11.3 Å². The summed E-state index contributed by atoms with van der Waals surface area (Å²) in [5, 5.41) is 3.95. The molecule has 0 bridgehead atoms. The molecule has 0 unspecified atom stereocenters. The van der Waals surface area contributed by atoms with Crippen LogP contribution in [0.2, 0.25) is 5.28 Å². The Kier molecular flexibility index (Phi) is 5.34. The number of carbonyl (C=O) groups is 1. The van der Waals surface area contributed by atoms with Gasteiger partial charge < -0.3 is 4.74 Å². The van der Waals surface area contributed by atoms with E-state index in [1.807, 2.05) is 43.7 Å². The molecule has 0 aliphatic rings. The van der Waals surface area contributed by atoms with E-state index in [0.717, 1.165) is 14.0 Å². The van der Waals surface area contributed by atoms with Crippen LogP contribution >= 0.6 is 50.2 Å². The minimum absolute atomic E-state index is 0.0846. The van der Waals surface area contributed by atoms with Crippen LogP contribution in [0.15, 0.2) is 27.4 Å². The van der Waals surface area contributed by atoms with Crippen molar-refractivity contribution >= 4 is 72.3 Å². The zero-order chi connectivity index (χ0) is 18.2. The van der Waals surface area contributed by atoms with Crippen LogP contribution in [-0.2, 0) is 11.3 Å². The Hall–Kier alpha value is -1.22. The topological polar surface area (TPSA) is 55.3 Å². The average molecular weight is 461 g/mol. The second-order valence-electron chi connectivity index (χ2n) is 6.22. The van der Waals surface area contributed by atoms with Crippen molar-refractivity contribution in [2.24, 2.45) is 0 Å². The Morgan fingerprint density at radius 3 is 2.76 bits per heavy atom. The molecule has 132 valence electrons. The lowest BCUT2D eigenvalue weighted by molar-refractivity contribution is 0.0577. The largest absolute Gasteiger partial charge is 0.443 e. The van der Waals surface area contributed by atoms with Gasteiger partial charge >= 0.3 is 6.09 Å². The van der Waals surface area contributed by atoms with Crippen molar-refractivity contribution in [3.8, 4) is 0 Å². The van der Waals surface area contributed by atoms with E-state index >= 15 is 0 Å². The monoisotopic (exact) mass is 459 g/mol. The lowest BCUT2D eigenvalue weighted by atomic mass is 10.2. The van der Waals surface area contributed by atoms with E-state index in [-0.39, 0.29) is 5.28 Å². The summed E-state index contributed by atoms with van der Waals surface area (Å²) in [4.78, 5) is 23.9. The summed E-state index contributed by atoms with van der Waals surface area (Å²) in [5.41, 5.74) is 0.0660. The third kappa shape index (κ3) is 4.31. The highest BCUT2D eigenvalue weighted by Gasteiger charge is 2.28. The molecule has 5 nitrogen and oxygen atoms in total. The van der Waals surface area contributed by atoms with Gasteiger partial charge in [-0.3, -0.25) is 4.90 Å². The first-order valence-corrected chi connectivity index (χ1v) is 10.3. The quantitative estimate of drug-likeness (QED) is 0.442. The Balaban J connectivity index is 2.09. The number of amides is 1. The van der Waals surface area contributed by atoms with Crippen LogP contribution in [0, 0.1) is 0 Å². The van der Waals surface area contributed by atoms with Crippen molar-refractivity contribution in [3.05, 3.63) is 37.5 Å². The summed E-state index contributed by atoms with van der Waals surface area (Å²) in [6, 6.07) is 3.91. The summed E-state index contributed by atoms with van der Waals surface area (Å²) >= 11 is 12.6. The SMILES string of the molecule is CC(C)(C)OC(=O)N(Cc1cccs1)c1nc(Cl)nc2c(Br)csc12. The molecule has 0 aromatic carbocycles. The molecule has 3 aromatic rings. The molecule has 0 saturated heterocycles. The molecule has 25 heavy (non-hydrogen) atoms. The molecule has 3 aromatic heterocycles. The molecule has 0 radical (unpaired) electrons. The van der Waals surface area contributed by atoms with Gasteiger partial charge in [0.2, 0.25) is 5.28 Å². The highest BCUT2D eigenvalue weighted by atomic mass is 79.9. The Labute approximate surface area is 166 Å². The smallest absolute Gasteiger partial charge is 0.416 e. The number of carbonyl (C=O) groups excluding carboxylic acids is 1. The maximum atomic E-state index is 12.8. The van der Waals surface area contributed by atoms with Crippen LogP contribution in [0.1, 0.15) is 25.6 Å². The van der Waals surface area contributed by atoms with E-state index in [9.17, 15) is 4.79 Å². The van der Waals surface area contributed by atoms with Crippen LogP contribution in [0.3, 0.4) is 0 Å². The first-order valence-electron chi connectivity index (χ1n) is 7.38. The van der Waals surface area contributed by atoms with E-state index < -0.39 is 11.7 Å². The fourth-order valence-corrected chi connectivity index (χ4v) is 4.55. The summed E-state index contributed by atoms with van der Waals surface area (Å²) in [5.74, 6) is 0.452. The highest BCUT2D eigenvalue weighted by molar-refractivity contribution is 9.10. The zero-order valence-electron chi connectivity index (χ0n) is 13.7. The Morgan fingerprint density at radius 1 is 1.36 bits per heavy atom. The molecular formula is C16H15BrClN3O2S2. The molecule has 0 spiro atoms. The molecule has 0 N–H and O–H groups in total. The van der Waals surface area contributed by atoms with Gasteiger partial charge in [-0.05, 0) is 59.7 Å². The fraction of sp³-hybridized carbons (Fsp3) is 0.312.